The van der Waals surface area contributed by atoms with E-state index in [9.17, 15) is 14.7 Å². The molecule has 0 radical (unpaired) electrons. The average Bonchev–Trinajstić information content (AvgIpc) is 2.55. The fourth-order valence-corrected chi connectivity index (χ4v) is 2.97. The number of piperidine rings is 1. The highest BCUT2D eigenvalue weighted by molar-refractivity contribution is 5.88. The van der Waals surface area contributed by atoms with Gasteiger partial charge in [0.25, 0.3) is 0 Å². The van der Waals surface area contributed by atoms with Crippen molar-refractivity contribution in [3.05, 3.63) is 35.9 Å². The van der Waals surface area contributed by atoms with Crippen molar-refractivity contribution < 1.29 is 14.7 Å². The molecular weight excluding hydrogens is 304 g/mol. The first-order valence-corrected chi connectivity index (χ1v) is 8.68. The van der Waals surface area contributed by atoms with Crippen molar-refractivity contribution in [1.29, 1.82) is 0 Å². The van der Waals surface area contributed by atoms with Crippen LogP contribution in [0.3, 0.4) is 0 Å². The Kier molecular flexibility index (Phi) is 6.37. The van der Waals surface area contributed by atoms with Crippen molar-refractivity contribution in [3.8, 4) is 0 Å². The molecule has 2 N–H and O–H groups in total. The van der Waals surface area contributed by atoms with Crippen LogP contribution >= 0.6 is 0 Å². The number of amides is 2. The third kappa shape index (κ3) is 4.81. The number of benzene rings is 1. The number of carbonyl (C=O) groups is 2. The number of likely N-dealkylation sites (tertiary alicyclic amines) is 1. The van der Waals surface area contributed by atoms with Gasteiger partial charge in [0.1, 0.15) is 6.04 Å². The van der Waals surface area contributed by atoms with Gasteiger partial charge in [-0.3, -0.25) is 9.59 Å². The van der Waals surface area contributed by atoms with Crippen molar-refractivity contribution in [2.24, 2.45) is 11.8 Å². The topological polar surface area (TPSA) is 69.6 Å². The quantitative estimate of drug-likeness (QED) is 0.860. The molecule has 132 valence electrons. The van der Waals surface area contributed by atoms with Crippen molar-refractivity contribution in [2.75, 3.05) is 13.1 Å². The lowest BCUT2D eigenvalue weighted by atomic mass is 9.94. The van der Waals surface area contributed by atoms with E-state index < -0.39 is 12.1 Å². The van der Waals surface area contributed by atoms with Crippen molar-refractivity contribution in [3.63, 3.8) is 0 Å². The van der Waals surface area contributed by atoms with E-state index in [2.05, 4.69) is 5.32 Å². The Morgan fingerprint density at radius 1 is 1.29 bits per heavy atom. The third-order valence-electron chi connectivity index (χ3n) is 4.69. The Balaban J connectivity index is 1.98. The third-order valence-corrected chi connectivity index (χ3v) is 4.69. The van der Waals surface area contributed by atoms with E-state index in [4.69, 9.17) is 0 Å². The van der Waals surface area contributed by atoms with Crippen LogP contribution in [0.5, 0.6) is 0 Å². The molecule has 2 rings (SSSR count). The molecule has 2 amide bonds. The molecule has 5 nitrogen and oxygen atoms in total. The molecule has 1 aliphatic rings. The molecule has 1 aliphatic heterocycles. The van der Waals surface area contributed by atoms with E-state index in [0.717, 1.165) is 12.0 Å². The predicted octanol–water partition coefficient (Wildman–Crippen LogP) is 1.60. The van der Waals surface area contributed by atoms with Gasteiger partial charge >= 0.3 is 0 Å². The molecule has 1 aromatic rings. The largest absolute Gasteiger partial charge is 0.391 e. The molecule has 5 heteroatoms. The maximum Gasteiger partial charge on any atom is 0.245 e. The van der Waals surface area contributed by atoms with Crippen LogP contribution in [-0.4, -0.2) is 47.1 Å². The second-order valence-electron chi connectivity index (χ2n) is 7.07. The number of carbonyl (C=O) groups excluding carboxylic acids is 2. The highest BCUT2D eigenvalue weighted by Crippen LogP contribution is 2.19. The summed E-state index contributed by atoms with van der Waals surface area (Å²) in [7, 11) is 0. The molecule has 1 aromatic carbocycles. The van der Waals surface area contributed by atoms with E-state index in [1.807, 2.05) is 51.1 Å². The minimum atomic E-state index is -0.554. The molecule has 0 spiro atoms. The summed E-state index contributed by atoms with van der Waals surface area (Å²) >= 11 is 0. The maximum absolute atomic E-state index is 12.8. The van der Waals surface area contributed by atoms with Crippen LogP contribution < -0.4 is 5.32 Å². The Labute approximate surface area is 144 Å². The fourth-order valence-electron chi connectivity index (χ4n) is 2.97. The number of hydrogen-bond donors (Lipinski definition) is 2. The van der Waals surface area contributed by atoms with Crippen LogP contribution in [0.1, 0.15) is 32.8 Å². The van der Waals surface area contributed by atoms with E-state index in [0.29, 0.717) is 13.1 Å². The lowest BCUT2D eigenvalue weighted by Crippen LogP contribution is -2.55. The molecule has 0 aliphatic carbocycles. The van der Waals surface area contributed by atoms with Gasteiger partial charge in [-0.2, -0.15) is 0 Å². The summed E-state index contributed by atoms with van der Waals surface area (Å²) in [5.74, 6) is -0.0514. The number of nitrogens with zero attached hydrogens (tertiary/aromatic N) is 1. The van der Waals surface area contributed by atoms with Gasteiger partial charge in [0.05, 0.1) is 12.5 Å². The van der Waals surface area contributed by atoms with Crippen LogP contribution in [0, 0.1) is 11.8 Å². The zero-order valence-electron chi connectivity index (χ0n) is 14.7. The molecular formula is C19H28N2O3. The van der Waals surface area contributed by atoms with Gasteiger partial charge in [0.15, 0.2) is 0 Å². The second-order valence-corrected chi connectivity index (χ2v) is 7.07. The zero-order valence-corrected chi connectivity index (χ0v) is 14.7. The van der Waals surface area contributed by atoms with Crippen LogP contribution in [0.15, 0.2) is 30.3 Å². The summed E-state index contributed by atoms with van der Waals surface area (Å²) in [5.41, 5.74) is 0.923. The normalized spacial score (nSPS) is 22.3. The van der Waals surface area contributed by atoms with E-state index >= 15 is 0 Å². The summed E-state index contributed by atoms with van der Waals surface area (Å²) in [6.45, 7) is 6.82. The van der Waals surface area contributed by atoms with Gasteiger partial charge < -0.3 is 15.3 Å². The number of aliphatic hydroxyl groups excluding tert-OH is 1. The summed E-state index contributed by atoms with van der Waals surface area (Å²) in [6.07, 6.45) is 0.558. The second kappa shape index (κ2) is 8.29. The molecule has 1 heterocycles. The molecule has 1 saturated heterocycles. The van der Waals surface area contributed by atoms with Crippen LogP contribution in [0.25, 0.3) is 0 Å². The van der Waals surface area contributed by atoms with Crippen LogP contribution in [0.4, 0.5) is 0 Å². The molecule has 24 heavy (non-hydrogen) atoms. The molecule has 0 bridgehead atoms. The minimum absolute atomic E-state index is 0.00582. The van der Waals surface area contributed by atoms with Crippen molar-refractivity contribution in [1.82, 2.24) is 10.2 Å². The van der Waals surface area contributed by atoms with Crippen molar-refractivity contribution in [2.45, 2.75) is 45.8 Å². The molecule has 3 atom stereocenters. The Bertz CT molecular complexity index is 559. The van der Waals surface area contributed by atoms with E-state index in [-0.39, 0.29) is 30.1 Å². The first-order valence-electron chi connectivity index (χ1n) is 8.68. The standard InChI is InChI=1S/C19H28N2O3/c1-13(2)18(19(24)21-10-9-14(3)16(22)12-21)20-17(23)11-15-7-5-4-6-8-15/h4-8,13-14,16,18,22H,9-12H2,1-3H3,(H,20,23). The number of hydrogen-bond acceptors (Lipinski definition) is 3. The van der Waals surface area contributed by atoms with Crippen molar-refractivity contribution >= 4 is 11.8 Å². The van der Waals surface area contributed by atoms with Gasteiger partial charge in [-0.15, -0.1) is 0 Å². The SMILES string of the molecule is CC(C)C(NC(=O)Cc1ccccc1)C(=O)N1CCC(C)C(O)C1. The fraction of sp³-hybridized carbons (Fsp3) is 0.579. The number of aliphatic hydroxyl groups is 1. The first-order chi connectivity index (χ1) is 11.4. The van der Waals surface area contributed by atoms with Gasteiger partial charge in [-0.25, -0.2) is 0 Å². The average molecular weight is 332 g/mol. The Morgan fingerprint density at radius 2 is 1.96 bits per heavy atom. The summed E-state index contributed by atoms with van der Waals surface area (Å²) in [6, 6.07) is 8.93. The van der Waals surface area contributed by atoms with E-state index in [1.165, 1.54) is 0 Å². The highest BCUT2D eigenvalue weighted by atomic mass is 16.3. The minimum Gasteiger partial charge on any atom is -0.391 e. The number of rotatable bonds is 5. The number of β-amino-alcohol motifs (C(OH)–C–C–N with tert-alkyl or cyclic N) is 1. The molecule has 0 saturated carbocycles. The number of nitrogens with one attached hydrogen (secondary N) is 1. The summed E-state index contributed by atoms with van der Waals surface area (Å²) in [4.78, 5) is 26.8. The lowest BCUT2D eigenvalue weighted by Gasteiger charge is -2.37. The monoisotopic (exact) mass is 332 g/mol. The zero-order chi connectivity index (χ0) is 17.7. The Hall–Kier alpha value is -1.88. The van der Waals surface area contributed by atoms with Gasteiger partial charge in [0.2, 0.25) is 11.8 Å². The van der Waals surface area contributed by atoms with Gasteiger partial charge in [-0.1, -0.05) is 51.1 Å². The highest BCUT2D eigenvalue weighted by Gasteiger charge is 2.33. The maximum atomic E-state index is 12.8. The van der Waals surface area contributed by atoms with Crippen LogP contribution in [0.2, 0.25) is 0 Å². The molecule has 3 unspecified atom stereocenters. The molecule has 0 aromatic heterocycles. The predicted molar refractivity (Wildman–Crippen MR) is 93.3 cm³/mol. The summed E-state index contributed by atoms with van der Waals surface area (Å²) < 4.78 is 0. The van der Waals surface area contributed by atoms with Crippen LogP contribution in [-0.2, 0) is 16.0 Å². The first kappa shape index (κ1) is 18.5. The smallest absolute Gasteiger partial charge is 0.245 e. The van der Waals surface area contributed by atoms with Gasteiger partial charge in [0, 0.05) is 13.1 Å². The Morgan fingerprint density at radius 3 is 2.54 bits per heavy atom. The lowest BCUT2D eigenvalue weighted by molar-refractivity contribution is -0.141. The summed E-state index contributed by atoms with van der Waals surface area (Å²) in [5, 5.41) is 12.9. The molecule has 1 fully saturated rings. The van der Waals surface area contributed by atoms with Gasteiger partial charge in [-0.05, 0) is 23.8 Å². The van der Waals surface area contributed by atoms with E-state index in [1.54, 1.807) is 4.90 Å².